The number of rotatable bonds is 4. The van der Waals surface area contributed by atoms with Crippen LogP contribution in [0.1, 0.15) is 18.5 Å². The van der Waals surface area contributed by atoms with E-state index in [0.717, 1.165) is 10.0 Å². The van der Waals surface area contributed by atoms with Crippen molar-refractivity contribution in [2.75, 3.05) is 5.73 Å². The number of nitrogens with one attached hydrogen (secondary N) is 1. The van der Waals surface area contributed by atoms with E-state index >= 15 is 0 Å². The molecule has 0 saturated heterocycles. The van der Waals surface area contributed by atoms with E-state index in [9.17, 15) is 8.42 Å². The van der Waals surface area contributed by atoms with Gasteiger partial charge in [-0.05, 0) is 42.8 Å². The van der Waals surface area contributed by atoms with E-state index in [1.807, 2.05) is 24.3 Å². The first kappa shape index (κ1) is 16.3. The van der Waals surface area contributed by atoms with Crippen LogP contribution >= 0.6 is 27.5 Å². The predicted octanol–water partition coefficient (Wildman–Crippen LogP) is 3.72. The van der Waals surface area contributed by atoms with Gasteiger partial charge in [0.25, 0.3) is 0 Å². The van der Waals surface area contributed by atoms with E-state index in [2.05, 4.69) is 20.7 Å². The van der Waals surface area contributed by atoms with Crippen LogP contribution in [0.4, 0.5) is 5.69 Å². The molecule has 1 unspecified atom stereocenters. The van der Waals surface area contributed by atoms with Gasteiger partial charge < -0.3 is 5.73 Å². The lowest BCUT2D eigenvalue weighted by molar-refractivity contribution is 0.567. The Morgan fingerprint density at radius 2 is 1.95 bits per heavy atom. The number of anilines is 1. The summed E-state index contributed by atoms with van der Waals surface area (Å²) in [4.78, 5) is -0.0168. The molecule has 21 heavy (non-hydrogen) atoms. The normalized spacial score (nSPS) is 13.1. The minimum Gasteiger partial charge on any atom is -0.398 e. The Morgan fingerprint density at radius 3 is 2.62 bits per heavy atom. The molecule has 0 bridgehead atoms. The second kappa shape index (κ2) is 6.36. The van der Waals surface area contributed by atoms with Gasteiger partial charge in [0.05, 0.1) is 5.69 Å². The first-order chi connectivity index (χ1) is 9.79. The highest BCUT2D eigenvalue weighted by atomic mass is 79.9. The largest absolute Gasteiger partial charge is 0.398 e. The number of halogens is 2. The molecular formula is C14H14BrClN2O2S. The van der Waals surface area contributed by atoms with E-state index in [0.29, 0.717) is 5.02 Å². The van der Waals surface area contributed by atoms with Crippen LogP contribution in [0, 0.1) is 0 Å². The SMILES string of the molecule is CC(NS(=O)(=O)c1cc(Cl)ccc1N)c1cccc(Br)c1. The summed E-state index contributed by atoms with van der Waals surface area (Å²) < 4.78 is 28.3. The monoisotopic (exact) mass is 388 g/mol. The third kappa shape index (κ3) is 3.97. The highest BCUT2D eigenvalue weighted by Crippen LogP contribution is 2.25. The van der Waals surface area contributed by atoms with Crippen LogP contribution in [0.2, 0.25) is 5.02 Å². The fourth-order valence-corrected chi connectivity index (χ4v) is 3.92. The van der Waals surface area contributed by atoms with Crippen LogP contribution in [-0.2, 0) is 10.0 Å². The number of nitrogens with two attached hydrogens (primary N) is 1. The maximum absolute atomic E-state index is 12.4. The summed E-state index contributed by atoms with van der Waals surface area (Å²) in [5, 5.41) is 0.319. The zero-order valence-electron chi connectivity index (χ0n) is 11.2. The first-order valence-electron chi connectivity index (χ1n) is 6.12. The van der Waals surface area contributed by atoms with Crippen molar-refractivity contribution in [3.05, 3.63) is 57.5 Å². The van der Waals surface area contributed by atoms with Crippen molar-refractivity contribution in [1.82, 2.24) is 4.72 Å². The Bertz CT molecular complexity index is 765. The maximum atomic E-state index is 12.4. The van der Waals surface area contributed by atoms with Crippen molar-refractivity contribution in [3.8, 4) is 0 Å². The molecule has 2 rings (SSSR count). The number of hydrogen-bond donors (Lipinski definition) is 2. The third-order valence-electron chi connectivity index (χ3n) is 2.95. The fraction of sp³-hybridized carbons (Fsp3) is 0.143. The smallest absolute Gasteiger partial charge is 0.243 e. The van der Waals surface area contributed by atoms with E-state index in [1.54, 1.807) is 13.0 Å². The van der Waals surface area contributed by atoms with Crippen LogP contribution < -0.4 is 10.5 Å². The van der Waals surface area contributed by atoms with Crippen molar-refractivity contribution in [2.45, 2.75) is 17.9 Å². The predicted molar refractivity (Wildman–Crippen MR) is 88.7 cm³/mol. The summed E-state index contributed by atoms with van der Waals surface area (Å²) in [6.07, 6.45) is 0. The standard InChI is InChI=1S/C14H14BrClN2O2S/c1-9(10-3-2-4-11(15)7-10)18-21(19,20)14-8-12(16)5-6-13(14)17/h2-9,18H,17H2,1H3. The molecule has 0 aliphatic rings. The first-order valence-corrected chi connectivity index (χ1v) is 8.78. The molecule has 0 amide bonds. The Hall–Kier alpha value is -1.08. The highest BCUT2D eigenvalue weighted by Gasteiger charge is 2.21. The second-order valence-corrected chi connectivity index (χ2v) is 7.61. The van der Waals surface area contributed by atoms with Gasteiger partial charge in [-0.2, -0.15) is 0 Å². The summed E-state index contributed by atoms with van der Waals surface area (Å²) in [6.45, 7) is 1.76. The fourth-order valence-electron chi connectivity index (χ4n) is 1.88. The highest BCUT2D eigenvalue weighted by molar-refractivity contribution is 9.10. The average Bonchev–Trinajstić information content (AvgIpc) is 2.41. The van der Waals surface area contributed by atoms with Gasteiger partial charge in [-0.15, -0.1) is 0 Å². The lowest BCUT2D eigenvalue weighted by Gasteiger charge is -2.16. The summed E-state index contributed by atoms with van der Waals surface area (Å²) in [5.41, 5.74) is 6.73. The molecule has 112 valence electrons. The van der Waals surface area contributed by atoms with Crippen LogP contribution in [0.5, 0.6) is 0 Å². The number of sulfonamides is 1. The maximum Gasteiger partial charge on any atom is 0.243 e. The molecule has 1 atom stereocenters. The van der Waals surface area contributed by atoms with Gasteiger partial charge >= 0.3 is 0 Å². The number of benzene rings is 2. The van der Waals surface area contributed by atoms with Gasteiger partial charge in [0.1, 0.15) is 4.90 Å². The Labute approximate surface area is 137 Å². The number of hydrogen-bond acceptors (Lipinski definition) is 3. The average molecular weight is 390 g/mol. The second-order valence-electron chi connectivity index (χ2n) is 4.58. The van der Waals surface area contributed by atoms with Gasteiger partial charge in [-0.3, -0.25) is 0 Å². The molecular weight excluding hydrogens is 376 g/mol. The molecule has 4 nitrogen and oxygen atoms in total. The lowest BCUT2D eigenvalue weighted by atomic mass is 10.1. The third-order valence-corrected chi connectivity index (χ3v) is 5.27. The van der Waals surface area contributed by atoms with Gasteiger partial charge in [-0.25, -0.2) is 13.1 Å². The van der Waals surface area contributed by atoms with Crippen molar-refractivity contribution >= 4 is 43.2 Å². The van der Waals surface area contributed by atoms with Gasteiger partial charge in [-0.1, -0.05) is 39.7 Å². The van der Waals surface area contributed by atoms with Gasteiger partial charge in [0, 0.05) is 15.5 Å². The molecule has 0 spiro atoms. The Balaban J connectivity index is 2.31. The van der Waals surface area contributed by atoms with Crippen LogP contribution in [0.15, 0.2) is 51.8 Å². The zero-order valence-corrected chi connectivity index (χ0v) is 14.3. The summed E-state index contributed by atoms with van der Waals surface area (Å²) >= 11 is 9.20. The van der Waals surface area contributed by atoms with Crippen molar-refractivity contribution < 1.29 is 8.42 Å². The summed E-state index contributed by atoms with van der Waals surface area (Å²) in [5.74, 6) is 0. The van der Waals surface area contributed by atoms with Crippen molar-refractivity contribution in [1.29, 1.82) is 0 Å². The van der Waals surface area contributed by atoms with Crippen molar-refractivity contribution in [2.24, 2.45) is 0 Å². The molecule has 3 N–H and O–H groups in total. The molecule has 0 aliphatic heterocycles. The van der Waals surface area contributed by atoms with Crippen LogP contribution in [0.3, 0.4) is 0 Å². The Morgan fingerprint density at radius 1 is 1.24 bits per heavy atom. The van der Waals surface area contributed by atoms with Gasteiger partial charge in [0.15, 0.2) is 0 Å². The minimum absolute atomic E-state index is 0.0168. The number of nitrogen functional groups attached to an aromatic ring is 1. The molecule has 0 heterocycles. The Kier molecular flexibility index (Phi) is 4.93. The minimum atomic E-state index is -3.75. The lowest BCUT2D eigenvalue weighted by Crippen LogP contribution is -2.27. The quantitative estimate of drug-likeness (QED) is 0.783. The molecule has 2 aromatic carbocycles. The topological polar surface area (TPSA) is 72.2 Å². The molecule has 0 radical (unpaired) electrons. The van der Waals surface area contributed by atoms with E-state index in [-0.39, 0.29) is 10.6 Å². The molecule has 7 heteroatoms. The molecule has 2 aromatic rings. The summed E-state index contributed by atoms with van der Waals surface area (Å²) in [6, 6.07) is 11.4. The van der Waals surface area contributed by atoms with Crippen LogP contribution in [-0.4, -0.2) is 8.42 Å². The van der Waals surface area contributed by atoms with Crippen molar-refractivity contribution in [3.63, 3.8) is 0 Å². The van der Waals surface area contributed by atoms with E-state index < -0.39 is 16.1 Å². The van der Waals surface area contributed by atoms with E-state index in [4.69, 9.17) is 17.3 Å². The van der Waals surface area contributed by atoms with Gasteiger partial charge in [0.2, 0.25) is 10.0 Å². The van der Waals surface area contributed by atoms with E-state index in [1.165, 1.54) is 12.1 Å². The molecule has 0 saturated carbocycles. The molecule has 0 aromatic heterocycles. The zero-order chi connectivity index (χ0) is 15.6. The summed E-state index contributed by atoms with van der Waals surface area (Å²) in [7, 11) is -3.75. The van der Waals surface area contributed by atoms with Crippen LogP contribution in [0.25, 0.3) is 0 Å². The molecule has 0 aliphatic carbocycles. The molecule has 0 fully saturated rings.